The number of aromatic amines is 1. The summed E-state index contributed by atoms with van der Waals surface area (Å²) in [6, 6.07) is 9.03. The fraction of sp³-hybridized carbons (Fsp3) is 0.321. The van der Waals surface area contributed by atoms with Gasteiger partial charge in [-0.3, -0.25) is 20.0 Å². The molecule has 38 heavy (non-hydrogen) atoms. The number of hydrogen-bond acceptors (Lipinski definition) is 6. The summed E-state index contributed by atoms with van der Waals surface area (Å²) < 4.78 is 21.3. The largest absolute Gasteiger partial charge is 0.486 e. The molecule has 198 valence electrons. The third-order valence-electron chi connectivity index (χ3n) is 6.89. The molecule has 1 saturated heterocycles. The van der Waals surface area contributed by atoms with E-state index in [0.29, 0.717) is 50.5 Å². The van der Waals surface area contributed by atoms with Gasteiger partial charge < -0.3 is 9.84 Å². The molecule has 1 aromatic carbocycles. The van der Waals surface area contributed by atoms with Gasteiger partial charge in [-0.05, 0) is 69.1 Å². The van der Waals surface area contributed by atoms with Crippen molar-refractivity contribution in [3.8, 4) is 5.75 Å². The minimum Gasteiger partial charge on any atom is -0.486 e. The Balaban J connectivity index is 1.30. The van der Waals surface area contributed by atoms with Crippen molar-refractivity contribution in [2.24, 2.45) is 5.92 Å². The zero-order valence-electron chi connectivity index (χ0n) is 20.9. The Bertz CT molecular complexity index is 1410. The number of halogens is 3. The highest BCUT2D eigenvalue weighted by molar-refractivity contribution is 6.35. The zero-order chi connectivity index (χ0) is 26.6. The number of fused-ring (bicyclic) bond motifs is 1. The van der Waals surface area contributed by atoms with Gasteiger partial charge in [0.1, 0.15) is 17.7 Å². The molecule has 3 aromatic heterocycles. The molecular weight excluding hydrogens is 528 g/mol. The molecule has 0 radical (unpaired) electrons. The van der Waals surface area contributed by atoms with Crippen molar-refractivity contribution >= 4 is 46.0 Å². The van der Waals surface area contributed by atoms with Gasteiger partial charge in [0.15, 0.2) is 0 Å². The Hall–Kier alpha value is -3.04. The number of piperidine rings is 1. The van der Waals surface area contributed by atoms with Crippen molar-refractivity contribution in [2.45, 2.75) is 32.4 Å². The van der Waals surface area contributed by atoms with Crippen LogP contribution in [0.5, 0.6) is 5.75 Å². The lowest BCUT2D eigenvalue weighted by Gasteiger charge is -2.30. The van der Waals surface area contributed by atoms with E-state index in [-0.39, 0.29) is 6.61 Å². The first-order chi connectivity index (χ1) is 18.4. The van der Waals surface area contributed by atoms with Crippen LogP contribution in [0.25, 0.3) is 22.8 Å². The molecule has 1 fully saturated rings. The van der Waals surface area contributed by atoms with Crippen molar-refractivity contribution in [1.29, 1.82) is 0 Å². The molecular formula is C28H28Cl2FN5O2. The van der Waals surface area contributed by atoms with Crippen molar-refractivity contribution in [3.63, 3.8) is 0 Å². The van der Waals surface area contributed by atoms with Gasteiger partial charge in [0.25, 0.3) is 0 Å². The number of ether oxygens (including phenoxy) is 1. The molecule has 0 spiro atoms. The van der Waals surface area contributed by atoms with Gasteiger partial charge in [0, 0.05) is 54.3 Å². The van der Waals surface area contributed by atoms with Crippen LogP contribution in [-0.4, -0.2) is 49.9 Å². The summed E-state index contributed by atoms with van der Waals surface area (Å²) in [5.74, 6) is 0.527. The second-order valence-corrected chi connectivity index (χ2v) is 10.3. The number of H-pyrrole nitrogens is 1. The summed E-state index contributed by atoms with van der Waals surface area (Å²) in [6.07, 6.45) is 7.53. The summed E-state index contributed by atoms with van der Waals surface area (Å²) in [5, 5.41) is 18.1. The highest BCUT2D eigenvalue weighted by Crippen LogP contribution is 2.34. The Labute approximate surface area is 230 Å². The third kappa shape index (κ3) is 5.99. The molecule has 1 atom stereocenters. The molecule has 10 heteroatoms. The number of aromatic nitrogens is 4. The maximum atomic E-state index is 15.2. The van der Waals surface area contributed by atoms with E-state index in [1.807, 2.05) is 19.1 Å². The molecule has 1 aliphatic heterocycles. The van der Waals surface area contributed by atoms with Crippen molar-refractivity contribution in [2.75, 3.05) is 19.7 Å². The second-order valence-electron chi connectivity index (χ2n) is 9.53. The highest BCUT2D eigenvalue weighted by atomic mass is 35.5. The first-order valence-electron chi connectivity index (χ1n) is 12.5. The fourth-order valence-electron chi connectivity index (χ4n) is 4.69. The minimum absolute atomic E-state index is 0.250. The molecule has 1 aliphatic rings. The number of nitrogens with zero attached hydrogens (tertiary/aromatic N) is 4. The van der Waals surface area contributed by atoms with Gasteiger partial charge in [-0.2, -0.15) is 5.10 Å². The van der Waals surface area contributed by atoms with Crippen LogP contribution in [0.4, 0.5) is 4.39 Å². The molecule has 4 heterocycles. The standard InChI is InChI=1S/C28H28Cl2FN5O2/c1-17(28-23(29)13-32-14-24(28)30)38-21-4-5-26-22(10-21)27(35-34-26)11-25(31)19-2-3-20(33-12-19)15-36-8-6-18(16-37)7-9-36/h2-5,10-14,17-18,37H,6-9,15-16H2,1H3,(H,34,35)/b25-11-. The van der Waals surface area contributed by atoms with E-state index >= 15 is 4.39 Å². The van der Waals surface area contributed by atoms with Crippen molar-refractivity contribution in [3.05, 3.63) is 81.5 Å². The minimum atomic E-state index is -0.434. The van der Waals surface area contributed by atoms with E-state index < -0.39 is 11.9 Å². The molecule has 5 rings (SSSR count). The van der Waals surface area contributed by atoms with Crippen LogP contribution in [0.2, 0.25) is 10.0 Å². The quantitative estimate of drug-likeness (QED) is 0.259. The lowest BCUT2D eigenvalue weighted by molar-refractivity contribution is 0.126. The normalized spacial score (nSPS) is 16.2. The molecule has 0 bridgehead atoms. The van der Waals surface area contributed by atoms with Gasteiger partial charge in [-0.25, -0.2) is 4.39 Å². The number of benzene rings is 1. The van der Waals surface area contributed by atoms with Gasteiger partial charge in [0.2, 0.25) is 0 Å². The second kappa shape index (κ2) is 11.8. The van der Waals surface area contributed by atoms with E-state index in [1.165, 1.54) is 18.5 Å². The van der Waals surface area contributed by atoms with Gasteiger partial charge >= 0.3 is 0 Å². The predicted molar refractivity (Wildman–Crippen MR) is 148 cm³/mol. The summed E-state index contributed by atoms with van der Waals surface area (Å²) in [5.41, 5.74) is 3.12. The van der Waals surface area contributed by atoms with Crippen molar-refractivity contribution in [1.82, 2.24) is 25.1 Å². The molecule has 7 nitrogen and oxygen atoms in total. The van der Waals surface area contributed by atoms with Gasteiger partial charge in [-0.15, -0.1) is 0 Å². The SMILES string of the molecule is CC(Oc1ccc2[nH]nc(/C=C(\F)c3ccc(CN4CCC(CO)CC4)nc3)c2c1)c1c(Cl)cncc1Cl. The first-order valence-corrected chi connectivity index (χ1v) is 13.3. The number of pyridine rings is 2. The van der Waals surface area contributed by atoms with Crippen molar-refractivity contribution < 1.29 is 14.2 Å². The zero-order valence-corrected chi connectivity index (χ0v) is 22.4. The predicted octanol–water partition coefficient (Wildman–Crippen LogP) is 6.47. The number of likely N-dealkylation sites (tertiary alicyclic amines) is 1. The average Bonchev–Trinajstić information content (AvgIpc) is 3.31. The van der Waals surface area contributed by atoms with E-state index in [2.05, 4.69) is 25.1 Å². The van der Waals surface area contributed by atoms with E-state index in [0.717, 1.165) is 37.1 Å². The van der Waals surface area contributed by atoms with E-state index in [9.17, 15) is 5.11 Å². The van der Waals surface area contributed by atoms with E-state index in [1.54, 1.807) is 24.4 Å². The van der Waals surface area contributed by atoms with Crippen LogP contribution < -0.4 is 4.74 Å². The first kappa shape index (κ1) is 26.6. The van der Waals surface area contributed by atoms with E-state index in [4.69, 9.17) is 27.9 Å². The number of rotatable bonds is 8. The van der Waals surface area contributed by atoms with Crippen LogP contribution in [0, 0.1) is 5.92 Å². The molecule has 1 unspecified atom stereocenters. The molecule has 4 aromatic rings. The maximum Gasteiger partial charge on any atom is 0.134 e. The van der Waals surface area contributed by atoms with Crippen LogP contribution in [0.15, 0.2) is 48.9 Å². The highest BCUT2D eigenvalue weighted by Gasteiger charge is 2.19. The summed E-state index contributed by atoms with van der Waals surface area (Å²) in [6.45, 7) is 4.68. The van der Waals surface area contributed by atoms with Crippen LogP contribution in [0.1, 0.15) is 48.4 Å². The topological polar surface area (TPSA) is 87.2 Å². The van der Waals surface area contributed by atoms with Crippen LogP contribution in [-0.2, 0) is 6.54 Å². The Kier molecular flexibility index (Phi) is 8.24. The molecule has 0 saturated carbocycles. The van der Waals surface area contributed by atoms with Gasteiger partial charge in [0.05, 0.1) is 26.9 Å². The lowest BCUT2D eigenvalue weighted by atomic mass is 9.98. The smallest absolute Gasteiger partial charge is 0.134 e. The summed E-state index contributed by atoms with van der Waals surface area (Å²) in [7, 11) is 0. The number of aliphatic hydroxyl groups excluding tert-OH is 1. The maximum absolute atomic E-state index is 15.2. The molecule has 0 amide bonds. The summed E-state index contributed by atoms with van der Waals surface area (Å²) >= 11 is 12.5. The molecule has 0 aliphatic carbocycles. The fourth-order valence-corrected chi connectivity index (χ4v) is 5.36. The van der Waals surface area contributed by atoms with Crippen LogP contribution in [0.3, 0.4) is 0 Å². The monoisotopic (exact) mass is 555 g/mol. The van der Waals surface area contributed by atoms with Gasteiger partial charge in [-0.1, -0.05) is 23.2 Å². The number of nitrogens with one attached hydrogen (secondary N) is 1. The lowest BCUT2D eigenvalue weighted by Crippen LogP contribution is -2.34. The Morgan fingerprint density at radius 1 is 1.18 bits per heavy atom. The third-order valence-corrected chi connectivity index (χ3v) is 7.49. The number of hydrogen-bond donors (Lipinski definition) is 2. The number of aliphatic hydroxyl groups is 1. The van der Waals surface area contributed by atoms with Crippen LogP contribution >= 0.6 is 23.2 Å². The molecule has 2 N–H and O–H groups in total. The Morgan fingerprint density at radius 3 is 2.63 bits per heavy atom. The Morgan fingerprint density at radius 2 is 1.95 bits per heavy atom. The summed E-state index contributed by atoms with van der Waals surface area (Å²) in [4.78, 5) is 10.8. The average molecular weight is 556 g/mol.